The highest BCUT2D eigenvalue weighted by Gasteiger charge is 2.34. The number of carbonyl (C=O) groups excluding carboxylic acids is 1. The fourth-order valence-electron chi connectivity index (χ4n) is 6.02. The number of aromatic nitrogens is 3. The predicted octanol–water partition coefficient (Wildman–Crippen LogP) is 6.25. The number of sulfone groups is 1. The van der Waals surface area contributed by atoms with Crippen LogP contribution in [0, 0.1) is 23.2 Å². The van der Waals surface area contributed by atoms with Crippen LogP contribution in [0.1, 0.15) is 44.9 Å². The molecule has 0 aliphatic carbocycles. The van der Waals surface area contributed by atoms with Crippen molar-refractivity contribution in [3.05, 3.63) is 76.2 Å². The van der Waals surface area contributed by atoms with E-state index >= 15 is 8.78 Å². The van der Waals surface area contributed by atoms with Crippen LogP contribution < -0.4 is 4.90 Å². The van der Waals surface area contributed by atoms with Crippen LogP contribution >= 0.6 is 12.2 Å². The Morgan fingerprint density at radius 2 is 1.85 bits per heavy atom. The molecule has 1 N–H and O–H groups in total. The van der Waals surface area contributed by atoms with Gasteiger partial charge in [0.25, 0.3) is 0 Å². The van der Waals surface area contributed by atoms with E-state index in [1.165, 1.54) is 16.7 Å². The van der Waals surface area contributed by atoms with Gasteiger partial charge in [-0.05, 0) is 56.5 Å². The van der Waals surface area contributed by atoms with Gasteiger partial charge in [-0.15, -0.1) is 0 Å². The SMILES string of the molecule is C=C(C)C(=O)N1CCN(c2c(S(C)(=O)=O)c(=S)n(-c3c(C)ccnc3C(C)C)c3nc(-c4c(O)cccc4F)c(F)cc23)C[C@H]1C. The number of benzene rings is 1. The Morgan fingerprint density at radius 1 is 1.15 bits per heavy atom. The first-order valence-electron chi connectivity index (χ1n) is 14.7. The van der Waals surface area contributed by atoms with Crippen molar-refractivity contribution in [1.82, 2.24) is 19.4 Å². The molecule has 242 valence electrons. The van der Waals surface area contributed by atoms with E-state index in [1.54, 1.807) is 29.0 Å². The summed E-state index contributed by atoms with van der Waals surface area (Å²) in [4.78, 5) is 25.2. The van der Waals surface area contributed by atoms with Crippen molar-refractivity contribution < 1.29 is 27.1 Å². The van der Waals surface area contributed by atoms with Crippen molar-refractivity contribution in [3.8, 4) is 22.7 Å². The molecule has 4 aromatic rings. The van der Waals surface area contributed by atoms with Gasteiger partial charge in [-0.1, -0.05) is 38.7 Å². The van der Waals surface area contributed by atoms with E-state index in [4.69, 9.17) is 12.2 Å². The highest BCUT2D eigenvalue weighted by atomic mass is 32.2. The third-order valence-electron chi connectivity index (χ3n) is 8.13. The van der Waals surface area contributed by atoms with Crippen LogP contribution in [0.2, 0.25) is 0 Å². The number of amides is 1. The van der Waals surface area contributed by atoms with Crippen LogP contribution in [0.15, 0.2) is 53.6 Å². The Labute approximate surface area is 271 Å². The van der Waals surface area contributed by atoms with Crippen LogP contribution in [0.5, 0.6) is 5.75 Å². The number of nitrogens with zero attached hydrogens (tertiary/aromatic N) is 5. The number of fused-ring (bicyclic) bond motifs is 1. The van der Waals surface area contributed by atoms with E-state index in [0.29, 0.717) is 22.5 Å². The lowest BCUT2D eigenvalue weighted by atomic mass is 10.0. The van der Waals surface area contributed by atoms with Crippen LogP contribution in [0.3, 0.4) is 0 Å². The first kappa shape index (κ1) is 33.1. The minimum Gasteiger partial charge on any atom is -0.507 e. The number of pyridine rings is 3. The second-order valence-corrected chi connectivity index (χ2v) is 14.3. The summed E-state index contributed by atoms with van der Waals surface area (Å²) in [6.07, 6.45) is 2.67. The number of phenolic OH excluding ortho intramolecular Hbond substituents is 1. The van der Waals surface area contributed by atoms with E-state index in [2.05, 4.69) is 16.5 Å². The van der Waals surface area contributed by atoms with Gasteiger partial charge in [0.05, 0.1) is 22.6 Å². The van der Waals surface area contributed by atoms with Gasteiger partial charge < -0.3 is 14.9 Å². The number of phenols is 1. The number of halogens is 2. The number of aromatic hydroxyl groups is 1. The molecule has 5 rings (SSSR count). The molecule has 0 bridgehead atoms. The first-order chi connectivity index (χ1) is 21.5. The molecular formula is C33H35F2N5O4S2. The Balaban J connectivity index is 1.95. The van der Waals surface area contributed by atoms with Gasteiger partial charge in [-0.3, -0.25) is 14.3 Å². The monoisotopic (exact) mass is 667 g/mol. The lowest BCUT2D eigenvalue weighted by Crippen LogP contribution is -2.54. The van der Waals surface area contributed by atoms with Crippen LogP contribution in [-0.2, 0) is 14.6 Å². The summed E-state index contributed by atoms with van der Waals surface area (Å²) in [7, 11) is -4.06. The second kappa shape index (κ2) is 12.2. The predicted molar refractivity (Wildman–Crippen MR) is 177 cm³/mol. The van der Waals surface area contributed by atoms with E-state index in [1.807, 2.05) is 27.7 Å². The second-order valence-electron chi connectivity index (χ2n) is 12.0. The minimum absolute atomic E-state index is 0.0533. The van der Waals surface area contributed by atoms with Crippen molar-refractivity contribution in [3.63, 3.8) is 0 Å². The highest BCUT2D eigenvalue weighted by Crippen LogP contribution is 2.42. The van der Waals surface area contributed by atoms with E-state index < -0.39 is 38.5 Å². The molecular weight excluding hydrogens is 633 g/mol. The lowest BCUT2D eigenvalue weighted by molar-refractivity contribution is -0.129. The van der Waals surface area contributed by atoms with Crippen molar-refractivity contribution in [1.29, 1.82) is 0 Å². The molecule has 1 aliphatic rings. The maximum absolute atomic E-state index is 16.2. The molecule has 9 nitrogen and oxygen atoms in total. The zero-order valence-electron chi connectivity index (χ0n) is 26.4. The van der Waals surface area contributed by atoms with Gasteiger partial charge in [-0.25, -0.2) is 22.2 Å². The Morgan fingerprint density at radius 3 is 2.43 bits per heavy atom. The largest absolute Gasteiger partial charge is 0.507 e. The van der Waals surface area contributed by atoms with E-state index in [9.17, 15) is 18.3 Å². The van der Waals surface area contributed by atoms with Crippen molar-refractivity contribution in [2.45, 2.75) is 51.5 Å². The standard InChI is InChI=1S/C33H35F2N5O4S2/c1-17(2)26-28(19(5)11-12-36-26)40-31-21(15-23(35)27(37-31)25-22(34)9-8-10-24(25)41)29(30(33(40)45)46(7,43)44)38-13-14-39(20(6)16-38)32(42)18(3)4/h8-12,15,17,20,41H,3,13-14,16H2,1-2,4-7H3/t20-/m1/s1. The molecule has 0 unspecified atom stereocenters. The summed E-state index contributed by atoms with van der Waals surface area (Å²) in [5.74, 6) is -2.74. The molecule has 13 heteroatoms. The maximum Gasteiger partial charge on any atom is 0.249 e. The Hall–Kier alpha value is -4.23. The molecule has 1 fully saturated rings. The number of carbonyl (C=O) groups is 1. The minimum atomic E-state index is -4.06. The third-order valence-corrected chi connectivity index (χ3v) is 9.77. The maximum atomic E-state index is 16.2. The van der Waals surface area contributed by atoms with Gasteiger partial charge in [-0.2, -0.15) is 0 Å². The molecule has 1 aromatic carbocycles. The van der Waals surface area contributed by atoms with Crippen molar-refractivity contribution in [2.24, 2.45) is 0 Å². The smallest absolute Gasteiger partial charge is 0.249 e. The van der Waals surface area contributed by atoms with Gasteiger partial charge >= 0.3 is 0 Å². The molecule has 1 atom stereocenters. The van der Waals surface area contributed by atoms with Crippen LogP contribution in [0.25, 0.3) is 28.0 Å². The molecule has 0 saturated carbocycles. The van der Waals surface area contributed by atoms with Gasteiger partial charge in [0, 0.05) is 49.1 Å². The summed E-state index contributed by atoms with van der Waals surface area (Å²) in [6, 6.07) is 6.09. The summed E-state index contributed by atoms with van der Waals surface area (Å²) < 4.78 is 60.0. The quantitative estimate of drug-likeness (QED) is 0.190. The fraction of sp³-hybridized carbons (Fsp3) is 0.333. The Kier molecular flexibility index (Phi) is 8.77. The van der Waals surface area contributed by atoms with E-state index in [-0.39, 0.29) is 63.8 Å². The highest BCUT2D eigenvalue weighted by molar-refractivity contribution is 7.91. The molecule has 4 heterocycles. The number of aryl methyl sites for hydroxylation is 1. The van der Waals surface area contributed by atoms with Gasteiger partial charge in [0.15, 0.2) is 15.7 Å². The number of anilines is 1. The summed E-state index contributed by atoms with van der Waals surface area (Å²) in [6.45, 7) is 13.5. The topological polar surface area (TPSA) is 109 Å². The average Bonchev–Trinajstić information content (AvgIpc) is 2.96. The number of piperazine rings is 1. The van der Waals surface area contributed by atoms with Gasteiger partial charge in [0.1, 0.15) is 32.4 Å². The molecule has 46 heavy (non-hydrogen) atoms. The first-order valence-corrected chi connectivity index (χ1v) is 17.0. The zero-order valence-corrected chi connectivity index (χ0v) is 28.1. The summed E-state index contributed by atoms with van der Waals surface area (Å²) >= 11 is 5.98. The number of hydrogen-bond acceptors (Lipinski definition) is 8. The Bertz CT molecular complexity index is 2080. The fourth-order valence-corrected chi connectivity index (χ4v) is 7.74. The normalized spacial score (nSPS) is 15.5. The van der Waals surface area contributed by atoms with Crippen LogP contribution in [0.4, 0.5) is 14.5 Å². The molecule has 3 aromatic heterocycles. The van der Waals surface area contributed by atoms with Crippen molar-refractivity contribution >= 4 is 44.7 Å². The van der Waals surface area contributed by atoms with Crippen LogP contribution in [-0.4, -0.2) is 70.8 Å². The molecule has 1 aliphatic heterocycles. The molecule has 1 saturated heterocycles. The molecule has 0 spiro atoms. The van der Waals surface area contributed by atoms with Gasteiger partial charge in [0.2, 0.25) is 5.91 Å². The average molecular weight is 668 g/mol. The molecule has 0 radical (unpaired) electrons. The lowest BCUT2D eigenvalue weighted by Gasteiger charge is -2.42. The summed E-state index contributed by atoms with van der Waals surface area (Å²) in [5.41, 5.74) is 1.41. The number of hydrogen-bond donors (Lipinski definition) is 1. The number of rotatable bonds is 6. The molecule has 1 amide bonds. The third kappa shape index (κ3) is 5.66. The van der Waals surface area contributed by atoms with Crippen molar-refractivity contribution in [2.75, 3.05) is 30.8 Å². The summed E-state index contributed by atoms with van der Waals surface area (Å²) in [5, 5.41) is 10.7. The van der Waals surface area contributed by atoms with E-state index in [0.717, 1.165) is 18.4 Å². The zero-order chi connectivity index (χ0) is 33.8.